The molecular formula is C14H26N2O. The van der Waals surface area contributed by atoms with Crippen LogP contribution in [0.1, 0.15) is 58.8 Å². The minimum atomic E-state index is -0.215. The van der Waals surface area contributed by atoms with Gasteiger partial charge in [-0.2, -0.15) is 0 Å². The molecule has 3 heteroatoms. The molecule has 2 aliphatic rings. The van der Waals surface area contributed by atoms with E-state index in [-0.39, 0.29) is 11.3 Å². The van der Waals surface area contributed by atoms with E-state index in [1.807, 2.05) is 0 Å². The first-order valence-electron chi connectivity index (χ1n) is 6.99. The zero-order valence-corrected chi connectivity index (χ0v) is 11.2. The summed E-state index contributed by atoms with van der Waals surface area (Å²) in [4.78, 5) is 12.2. The molecule has 3 nitrogen and oxygen atoms in total. The fourth-order valence-electron chi connectivity index (χ4n) is 3.01. The van der Waals surface area contributed by atoms with Crippen molar-refractivity contribution >= 4 is 5.91 Å². The summed E-state index contributed by atoms with van der Waals surface area (Å²) in [5.41, 5.74) is 6.00. The molecule has 0 aromatic rings. The number of nitrogens with two attached hydrogens (primary N) is 1. The molecular weight excluding hydrogens is 212 g/mol. The van der Waals surface area contributed by atoms with E-state index >= 15 is 0 Å². The van der Waals surface area contributed by atoms with Crippen LogP contribution in [0.3, 0.4) is 0 Å². The summed E-state index contributed by atoms with van der Waals surface area (Å²) in [6, 6.07) is 0.388. The highest BCUT2D eigenvalue weighted by Crippen LogP contribution is 2.41. The summed E-state index contributed by atoms with van der Waals surface area (Å²) in [7, 11) is 0. The van der Waals surface area contributed by atoms with E-state index < -0.39 is 0 Å². The van der Waals surface area contributed by atoms with E-state index in [9.17, 15) is 4.79 Å². The minimum Gasteiger partial charge on any atom is -0.353 e. The number of hydrogen-bond donors (Lipinski definition) is 2. The quantitative estimate of drug-likeness (QED) is 0.792. The van der Waals surface area contributed by atoms with E-state index in [1.54, 1.807) is 0 Å². The lowest BCUT2D eigenvalue weighted by atomic mass is 9.67. The smallest absolute Gasteiger partial charge is 0.227 e. The number of amides is 1. The molecule has 0 aromatic heterocycles. The Hall–Kier alpha value is -0.570. The lowest BCUT2D eigenvalue weighted by Gasteiger charge is -2.41. The minimum absolute atomic E-state index is 0.215. The van der Waals surface area contributed by atoms with Gasteiger partial charge >= 0.3 is 0 Å². The Kier molecular flexibility index (Phi) is 3.48. The van der Waals surface area contributed by atoms with Crippen LogP contribution in [0.25, 0.3) is 0 Å². The molecule has 0 heterocycles. The van der Waals surface area contributed by atoms with Crippen molar-refractivity contribution in [2.75, 3.05) is 6.54 Å². The maximum atomic E-state index is 12.2. The second-order valence-electron chi connectivity index (χ2n) is 6.75. The zero-order chi connectivity index (χ0) is 12.5. The maximum Gasteiger partial charge on any atom is 0.227 e. The van der Waals surface area contributed by atoms with Crippen LogP contribution in [0.5, 0.6) is 0 Å². The van der Waals surface area contributed by atoms with E-state index in [1.165, 1.54) is 12.8 Å². The van der Waals surface area contributed by atoms with Gasteiger partial charge in [0.1, 0.15) is 0 Å². The molecule has 1 amide bonds. The Morgan fingerprint density at radius 1 is 1.24 bits per heavy atom. The molecule has 2 aliphatic carbocycles. The molecule has 0 spiro atoms. The second kappa shape index (κ2) is 4.60. The molecule has 0 saturated heterocycles. The van der Waals surface area contributed by atoms with E-state index in [0.29, 0.717) is 18.0 Å². The molecule has 2 fully saturated rings. The molecule has 0 aromatic carbocycles. The molecule has 0 atom stereocenters. The highest BCUT2D eigenvalue weighted by atomic mass is 16.2. The van der Waals surface area contributed by atoms with Gasteiger partial charge in [-0.3, -0.25) is 4.79 Å². The van der Waals surface area contributed by atoms with Gasteiger partial charge in [0.15, 0.2) is 0 Å². The Balaban J connectivity index is 1.84. The highest BCUT2D eigenvalue weighted by molar-refractivity contribution is 5.84. The third kappa shape index (κ3) is 2.65. The van der Waals surface area contributed by atoms with Crippen LogP contribution in [-0.4, -0.2) is 18.5 Å². The Labute approximate surface area is 105 Å². The first-order chi connectivity index (χ1) is 7.97. The van der Waals surface area contributed by atoms with Gasteiger partial charge in [-0.05, 0) is 43.9 Å². The summed E-state index contributed by atoms with van der Waals surface area (Å²) < 4.78 is 0. The van der Waals surface area contributed by atoms with Crippen LogP contribution in [0.2, 0.25) is 0 Å². The van der Waals surface area contributed by atoms with Gasteiger partial charge in [0, 0.05) is 12.6 Å². The molecule has 0 radical (unpaired) electrons. The zero-order valence-electron chi connectivity index (χ0n) is 11.2. The summed E-state index contributed by atoms with van der Waals surface area (Å²) >= 11 is 0. The van der Waals surface area contributed by atoms with Gasteiger partial charge in [0.2, 0.25) is 5.91 Å². The molecule has 3 N–H and O–H groups in total. The summed E-state index contributed by atoms with van der Waals surface area (Å²) in [6.45, 7) is 5.15. The first kappa shape index (κ1) is 12.9. The molecule has 98 valence electrons. The van der Waals surface area contributed by atoms with Crippen molar-refractivity contribution in [2.45, 2.75) is 64.8 Å². The lowest BCUT2D eigenvalue weighted by Crippen LogP contribution is -2.53. The summed E-state index contributed by atoms with van der Waals surface area (Å²) in [5, 5.41) is 3.23. The number of carbonyl (C=O) groups is 1. The predicted octanol–water partition coefficient (Wildman–Crippen LogP) is 2.20. The maximum absolute atomic E-state index is 12.2. The number of nitrogens with one attached hydrogen (secondary N) is 1. The topological polar surface area (TPSA) is 55.1 Å². The fraction of sp³-hybridized carbons (Fsp3) is 0.929. The van der Waals surface area contributed by atoms with Gasteiger partial charge in [-0.15, -0.1) is 0 Å². The first-order valence-corrected chi connectivity index (χ1v) is 6.99. The Bertz CT molecular complexity index is 279. The average Bonchev–Trinajstić information content (AvgIpc) is 2.20. The molecule has 2 rings (SSSR count). The van der Waals surface area contributed by atoms with Gasteiger partial charge < -0.3 is 11.1 Å². The standard InChI is InChI=1S/C14H26N2O/c1-13(2)8-4-11(5-9-13)16-12(17)14(10-15)6-3-7-14/h11H,3-10,15H2,1-2H3,(H,16,17). The van der Waals surface area contributed by atoms with Crippen molar-refractivity contribution in [3.05, 3.63) is 0 Å². The Morgan fingerprint density at radius 2 is 1.82 bits per heavy atom. The van der Waals surface area contributed by atoms with Crippen LogP contribution < -0.4 is 11.1 Å². The molecule has 0 bridgehead atoms. The monoisotopic (exact) mass is 238 g/mol. The third-order valence-electron chi connectivity index (χ3n) is 4.86. The van der Waals surface area contributed by atoms with Crippen LogP contribution in [-0.2, 0) is 4.79 Å². The van der Waals surface area contributed by atoms with Crippen molar-refractivity contribution in [1.29, 1.82) is 0 Å². The van der Waals surface area contributed by atoms with Gasteiger partial charge in [0.05, 0.1) is 5.41 Å². The van der Waals surface area contributed by atoms with Crippen molar-refractivity contribution in [3.8, 4) is 0 Å². The second-order valence-corrected chi connectivity index (χ2v) is 6.75. The molecule has 0 unspecified atom stereocenters. The third-order valence-corrected chi connectivity index (χ3v) is 4.86. The summed E-state index contributed by atoms with van der Waals surface area (Å²) in [5.74, 6) is 0.218. The van der Waals surface area contributed by atoms with Crippen LogP contribution in [0.4, 0.5) is 0 Å². The van der Waals surface area contributed by atoms with Crippen molar-refractivity contribution in [1.82, 2.24) is 5.32 Å². The molecule has 2 saturated carbocycles. The SMILES string of the molecule is CC1(C)CCC(NC(=O)C2(CN)CCC2)CC1. The number of rotatable bonds is 3. The van der Waals surface area contributed by atoms with E-state index in [2.05, 4.69) is 19.2 Å². The van der Waals surface area contributed by atoms with Crippen LogP contribution in [0.15, 0.2) is 0 Å². The predicted molar refractivity (Wildman–Crippen MR) is 69.5 cm³/mol. The molecule has 0 aliphatic heterocycles. The Morgan fingerprint density at radius 3 is 2.24 bits per heavy atom. The largest absolute Gasteiger partial charge is 0.353 e. The summed E-state index contributed by atoms with van der Waals surface area (Å²) in [6.07, 6.45) is 7.79. The van der Waals surface area contributed by atoms with Gasteiger partial charge in [-0.25, -0.2) is 0 Å². The van der Waals surface area contributed by atoms with Crippen molar-refractivity contribution in [2.24, 2.45) is 16.6 Å². The lowest BCUT2D eigenvalue weighted by molar-refractivity contribution is -0.136. The average molecular weight is 238 g/mol. The normalized spacial score (nSPS) is 27.2. The van der Waals surface area contributed by atoms with Crippen molar-refractivity contribution in [3.63, 3.8) is 0 Å². The van der Waals surface area contributed by atoms with Gasteiger partial charge in [-0.1, -0.05) is 20.3 Å². The van der Waals surface area contributed by atoms with E-state index in [0.717, 1.165) is 32.1 Å². The molecule has 17 heavy (non-hydrogen) atoms. The number of hydrogen-bond acceptors (Lipinski definition) is 2. The van der Waals surface area contributed by atoms with E-state index in [4.69, 9.17) is 5.73 Å². The van der Waals surface area contributed by atoms with Crippen LogP contribution >= 0.6 is 0 Å². The fourth-order valence-corrected chi connectivity index (χ4v) is 3.01. The van der Waals surface area contributed by atoms with Crippen molar-refractivity contribution < 1.29 is 4.79 Å². The highest BCUT2D eigenvalue weighted by Gasteiger charge is 2.43. The van der Waals surface area contributed by atoms with Crippen LogP contribution in [0, 0.1) is 10.8 Å². The van der Waals surface area contributed by atoms with Gasteiger partial charge in [0.25, 0.3) is 0 Å². The number of carbonyl (C=O) groups excluding carboxylic acids is 1.